The molecular weight excluding hydrogens is 234 g/mol. The first-order valence-electron chi connectivity index (χ1n) is 7.33. The molecule has 1 atom stereocenters. The zero-order chi connectivity index (χ0) is 14.6. The Balaban J connectivity index is 2.85. The summed E-state index contributed by atoms with van der Waals surface area (Å²) in [7, 11) is 0. The molecule has 0 aliphatic rings. The van der Waals surface area contributed by atoms with Crippen molar-refractivity contribution in [2.75, 3.05) is 19.6 Å². The number of nitrogens with zero attached hydrogens (tertiary/aromatic N) is 1. The minimum atomic E-state index is -0.390. The predicted molar refractivity (Wildman–Crippen MR) is 82.6 cm³/mol. The maximum atomic E-state index is 10.5. The predicted octanol–water partition coefficient (Wildman–Crippen LogP) is 3.62. The SMILES string of the molecule is CCN(CC(C)C)CC(O)c1c(C)cc(C)cc1C. The number of aryl methyl sites for hydroxylation is 3. The molecule has 0 aliphatic carbocycles. The molecule has 0 heterocycles. The van der Waals surface area contributed by atoms with E-state index in [1.165, 1.54) is 16.7 Å². The summed E-state index contributed by atoms with van der Waals surface area (Å²) in [4.78, 5) is 2.33. The molecule has 1 aromatic carbocycles. The van der Waals surface area contributed by atoms with Crippen molar-refractivity contribution in [3.8, 4) is 0 Å². The first-order valence-corrected chi connectivity index (χ1v) is 7.33. The van der Waals surface area contributed by atoms with E-state index in [0.717, 1.165) is 25.2 Å². The fraction of sp³-hybridized carbons (Fsp3) is 0.647. The molecule has 0 saturated heterocycles. The van der Waals surface area contributed by atoms with E-state index in [2.05, 4.69) is 58.6 Å². The largest absolute Gasteiger partial charge is 0.387 e. The van der Waals surface area contributed by atoms with Crippen molar-refractivity contribution in [1.82, 2.24) is 4.90 Å². The fourth-order valence-corrected chi connectivity index (χ4v) is 2.90. The highest BCUT2D eigenvalue weighted by Gasteiger charge is 2.17. The van der Waals surface area contributed by atoms with Crippen LogP contribution in [0.2, 0.25) is 0 Å². The van der Waals surface area contributed by atoms with Crippen LogP contribution in [0.25, 0.3) is 0 Å². The Hall–Kier alpha value is -0.860. The van der Waals surface area contributed by atoms with Crippen LogP contribution in [-0.2, 0) is 0 Å². The molecule has 0 aromatic heterocycles. The van der Waals surface area contributed by atoms with Gasteiger partial charge in [0.1, 0.15) is 0 Å². The number of aliphatic hydroxyl groups excluding tert-OH is 1. The molecule has 1 aromatic rings. The number of aliphatic hydroxyl groups is 1. The number of rotatable bonds is 6. The number of hydrogen-bond acceptors (Lipinski definition) is 2. The van der Waals surface area contributed by atoms with Gasteiger partial charge in [0.15, 0.2) is 0 Å². The van der Waals surface area contributed by atoms with Crippen molar-refractivity contribution in [1.29, 1.82) is 0 Å². The summed E-state index contributed by atoms with van der Waals surface area (Å²) in [6, 6.07) is 4.31. The monoisotopic (exact) mass is 263 g/mol. The van der Waals surface area contributed by atoms with Gasteiger partial charge in [0.25, 0.3) is 0 Å². The zero-order valence-corrected chi connectivity index (χ0v) is 13.3. The van der Waals surface area contributed by atoms with E-state index in [1.54, 1.807) is 0 Å². The van der Waals surface area contributed by atoms with Crippen molar-refractivity contribution < 1.29 is 5.11 Å². The van der Waals surface area contributed by atoms with Gasteiger partial charge >= 0.3 is 0 Å². The zero-order valence-electron chi connectivity index (χ0n) is 13.3. The van der Waals surface area contributed by atoms with Crippen LogP contribution in [0.5, 0.6) is 0 Å². The average molecular weight is 263 g/mol. The van der Waals surface area contributed by atoms with Gasteiger partial charge in [-0.2, -0.15) is 0 Å². The molecule has 0 aliphatic heterocycles. The number of hydrogen-bond donors (Lipinski definition) is 1. The third-order valence-corrected chi connectivity index (χ3v) is 3.57. The van der Waals surface area contributed by atoms with E-state index in [-0.39, 0.29) is 6.10 Å². The van der Waals surface area contributed by atoms with Crippen LogP contribution in [0.15, 0.2) is 12.1 Å². The van der Waals surface area contributed by atoms with Gasteiger partial charge in [-0.15, -0.1) is 0 Å². The standard InChI is InChI=1S/C17H29NO/c1-7-18(10-12(2)3)11-16(19)17-14(5)8-13(4)9-15(17)6/h8-9,12,16,19H,7,10-11H2,1-6H3. The first kappa shape index (κ1) is 16.2. The molecule has 1 N–H and O–H groups in total. The molecule has 2 nitrogen and oxygen atoms in total. The molecule has 0 bridgehead atoms. The summed E-state index contributed by atoms with van der Waals surface area (Å²) in [5.74, 6) is 0.632. The Labute approximate surface area is 118 Å². The van der Waals surface area contributed by atoms with Gasteiger partial charge in [-0.05, 0) is 49.9 Å². The van der Waals surface area contributed by atoms with E-state index in [9.17, 15) is 5.11 Å². The fourth-order valence-electron chi connectivity index (χ4n) is 2.90. The van der Waals surface area contributed by atoms with E-state index in [0.29, 0.717) is 5.92 Å². The van der Waals surface area contributed by atoms with E-state index in [1.807, 2.05) is 0 Å². The second-order valence-corrected chi connectivity index (χ2v) is 6.07. The van der Waals surface area contributed by atoms with E-state index >= 15 is 0 Å². The van der Waals surface area contributed by atoms with E-state index < -0.39 is 0 Å². The molecule has 1 rings (SSSR count). The molecular formula is C17H29NO. The topological polar surface area (TPSA) is 23.5 Å². The summed E-state index contributed by atoms with van der Waals surface area (Å²) in [6.07, 6.45) is -0.390. The Morgan fingerprint density at radius 2 is 1.58 bits per heavy atom. The van der Waals surface area contributed by atoms with Gasteiger partial charge in [0, 0.05) is 13.1 Å². The molecule has 0 radical (unpaired) electrons. The van der Waals surface area contributed by atoms with Crippen LogP contribution in [-0.4, -0.2) is 29.6 Å². The number of benzene rings is 1. The molecule has 108 valence electrons. The van der Waals surface area contributed by atoms with Crippen molar-refractivity contribution in [2.45, 2.75) is 47.6 Å². The molecule has 0 saturated carbocycles. The lowest BCUT2D eigenvalue weighted by Gasteiger charge is -2.27. The lowest BCUT2D eigenvalue weighted by molar-refractivity contribution is 0.108. The third-order valence-electron chi connectivity index (χ3n) is 3.57. The van der Waals surface area contributed by atoms with Crippen LogP contribution in [0.3, 0.4) is 0 Å². The van der Waals surface area contributed by atoms with Crippen LogP contribution in [0.4, 0.5) is 0 Å². The van der Waals surface area contributed by atoms with Crippen molar-refractivity contribution in [2.24, 2.45) is 5.92 Å². The van der Waals surface area contributed by atoms with Gasteiger partial charge in [-0.1, -0.05) is 38.5 Å². The van der Waals surface area contributed by atoms with Gasteiger partial charge in [-0.25, -0.2) is 0 Å². The highest BCUT2D eigenvalue weighted by Crippen LogP contribution is 2.24. The molecule has 19 heavy (non-hydrogen) atoms. The summed E-state index contributed by atoms with van der Waals surface area (Å²) in [6.45, 7) is 15.6. The van der Waals surface area contributed by atoms with E-state index in [4.69, 9.17) is 0 Å². The van der Waals surface area contributed by atoms with Crippen LogP contribution < -0.4 is 0 Å². The molecule has 1 unspecified atom stereocenters. The Morgan fingerprint density at radius 3 is 2.00 bits per heavy atom. The van der Waals surface area contributed by atoms with Gasteiger partial charge in [0.2, 0.25) is 0 Å². The van der Waals surface area contributed by atoms with Crippen LogP contribution in [0, 0.1) is 26.7 Å². The Kier molecular flexibility index (Phi) is 6.02. The summed E-state index contributed by atoms with van der Waals surface area (Å²) < 4.78 is 0. The van der Waals surface area contributed by atoms with Crippen molar-refractivity contribution in [3.05, 3.63) is 34.4 Å². The summed E-state index contributed by atoms with van der Waals surface area (Å²) in [5, 5.41) is 10.5. The summed E-state index contributed by atoms with van der Waals surface area (Å²) in [5.41, 5.74) is 4.77. The van der Waals surface area contributed by atoms with Crippen LogP contribution in [0.1, 0.15) is 49.1 Å². The molecule has 0 amide bonds. The minimum absolute atomic E-state index is 0.390. The highest BCUT2D eigenvalue weighted by molar-refractivity contribution is 5.39. The smallest absolute Gasteiger partial charge is 0.0922 e. The molecule has 0 spiro atoms. The maximum absolute atomic E-state index is 10.5. The Morgan fingerprint density at radius 1 is 1.05 bits per heavy atom. The Bertz CT molecular complexity index is 389. The van der Waals surface area contributed by atoms with Gasteiger partial charge < -0.3 is 10.0 Å². The lowest BCUT2D eigenvalue weighted by Crippen LogP contribution is -2.32. The maximum Gasteiger partial charge on any atom is 0.0922 e. The molecule has 2 heteroatoms. The average Bonchev–Trinajstić information content (AvgIpc) is 2.25. The normalized spacial score (nSPS) is 13.3. The quantitative estimate of drug-likeness (QED) is 0.847. The first-order chi connectivity index (χ1) is 8.85. The lowest BCUT2D eigenvalue weighted by atomic mass is 9.95. The van der Waals surface area contributed by atoms with Crippen LogP contribution >= 0.6 is 0 Å². The van der Waals surface area contributed by atoms with Crippen molar-refractivity contribution in [3.63, 3.8) is 0 Å². The van der Waals surface area contributed by atoms with Crippen molar-refractivity contribution >= 4 is 0 Å². The molecule has 0 fully saturated rings. The minimum Gasteiger partial charge on any atom is -0.387 e. The van der Waals surface area contributed by atoms with Gasteiger partial charge in [-0.3, -0.25) is 0 Å². The van der Waals surface area contributed by atoms with Gasteiger partial charge in [0.05, 0.1) is 6.10 Å². The second kappa shape index (κ2) is 7.06. The summed E-state index contributed by atoms with van der Waals surface area (Å²) >= 11 is 0. The second-order valence-electron chi connectivity index (χ2n) is 6.07. The number of likely N-dealkylation sites (N-methyl/N-ethyl adjacent to an activating group) is 1. The third kappa shape index (κ3) is 4.63. The highest BCUT2D eigenvalue weighted by atomic mass is 16.3.